The molecule has 6 aromatic rings. The van der Waals surface area contributed by atoms with Crippen molar-refractivity contribution in [1.29, 1.82) is 0 Å². The Bertz CT molecular complexity index is 2520. The molecule has 0 radical (unpaired) electrons. The number of carbonyl (C=O) groups excluding carboxylic acids is 3. The van der Waals surface area contributed by atoms with Crippen LogP contribution in [0.1, 0.15) is 71.3 Å². The van der Waals surface area contributed by atoms with E-state index in [0.717, 1.165) is 60.7 Å². The molecule has 57 heavy (non-hydrogen) atoms. The van der Waals surface area contributed by atoms with Crippen molar-refractivity contribution in [3.63, 3.8) is 0 Å². The van der Waals surface area contributed by atoms with Gasteiger partial charge in [-0.2, -0.15) is 0 Å². The van der Waals surface area contributed by atoms with Crippen LogP contribution in [0.5, 0.6) is 0 Å². The lowest BCUT2D eigenvalue weighted by molar-refractivity contribution is -0.000511. The SMILES string of the molecule is Cc1cnc(N2CC3(CCOCC3)C2)c(C(=O)Nc2ccc(C(=O)N3CCc4cc(C(=O)c5c(C)nnn5Cc5ccccc5)sc4-c4ccc(F)cc43)cc2)c1. The van der Waals surface area contributed by atoms with Gasteiger partial charge in [-0.1, -0.05) is 35.5 Å². The van der Waals surface area contributed by atoms with Gasteiger partial charge in [0.1, 0.15) is 17.3 Å². The molecule has 6 heterocycles. The number of benzene rings is 3. The molecule has 1 N–H and O–H groups in total. The maximum atomic E-state index is 14.9. The summed E-state index contributed by atoms with van der Waals surface area (Å²) in [7, 11) is 0. The number of aryl methyl sites for hydroxylation is 2. The van der Waals surface area contributed by atoms with E-state index in [0.29, 0.717) is 63.1 Å². The van der Waals surface area contributed by atoms with E-state index in [2.05, 4.69) is 25.5 Å². The first-order valence-corrected chi connectivity index (χ1v) is 19.9. The maximum absolute atomic E-state index is 14.9. The largest absolute Gasteiger partial charge is 0.381 e. The summed E-state index contributed by atoms with van der Waals surface area (Å²) in [6.07, 6.45) is 4.26. The van der Waals surface area contributed by atoms with Crippen LogP contribution >= 0.6 is 11.3 Å². The average Bonchev–Trinajstić information content (AvgIpc) is 3.76. The number of pyridine rings is 1. The molecule has 3 aliphatic rings. The quantitative estimate of drug-likeness (QED) is 0.158. The summed E-state index contributed by atoms with van der Waals surface area (Å²) in [6, 6.07) is 24.7. The van der Waals surface area contributed by atoms with E-state index >= 15 is 0 Å². The molecule has 0 unspecified atom stereocenters. The fourth-order valence-electron chi connectivity index (χ4n) is 8.17. The van der Waals surface area contributed by atoms with Gasteiger partial charge in [0, 0.05) is 66.2 Å². The maximum Gasteiger partial charge on any atom is 0.259 e. The van der Waals surface area contributed by atoms with Gasteiger partial charge in [-0.15, -0.1) is 16.4 Å². The number of fused-ring (bicyclic) bond motifs is 3. The van der Waals surface area contributed by atoms with E-state index in [4.69, 9.17) is 4.74 Å². The molecule has 2 amide bonds. The predicted octanol–water partition coefficient (Wildman–Crippen LogP) is 7.51. The number of nitrogens with one attached hydrogen (secondary N) is 1. The second-order valence-corrected chi connectivity index (χ2v) is 16.3. The van der Waals surface area contributed by atoms with Crippen molar-refractivity contribution in [2.75, 3.05) is 48.0 Å². The summed E-state index contributed by atoms with van der Waals surface area (Å²) >= 11 is 1.33. The van der Waals surface area contributed by atoms with Gasteiger partial charge in [0.15, 0.2) is 0 Å². The molecule has 0 saturated carbocycles. The summed E-state index contributed by atoms with van der Waals surface area (Å²) in [5.41, 5.74) is 6.48. The topological polar surface area (TPSA) is 123 Å². The molecule has 3 aliphatic heterocycles. The van der Waals surface area contributed by atoms with Crippen LogP contribution in [0.25, 0.3) is 10.4 Å². The van der Waals surface area contributed by atoms with Crippen molar-refractivity contribution in [1.82, 2.24) is 20.0 Å². The number of nitrogens with zero attached hydrogens (tertiary/aromatic N) is 6. The van der Waals surface area contributed by atoms with Crippen molar-refractivity contribution in [2.45, 2.75) is 39.7 Å². The number of aromatic nitrogens is 4. The number of anilines is 3. The highest BCUT2D eigenvalue weighted by molar-refractivity contribution is 7.17. The van der Waals surface area contributed by atoms with Gasteiger partial charge in [-0.3, -0.25) is 14.4 Å². The summed E-state index contributed by atoms with van der Waals surface area (Å²) in [4.78, 5) is 51.6. The number of hydrogen-bond donors (Lipinski definition) is 1. The van der Waals surface area contributed by atoms with Crippen LogP contribution in [-0.4, -0.2) is 70.4 Å². The van der Waals surface area contributed by atoms with Crippen LogP contribution in [0.4, 0.5) is 21.6 Å². The number of rotatable bonds is 8. The van der Waals surface area contributed by atoms with Gasteiger partial charge < -0.3 is 19.9 Å². The van der Waals surface area contributed by atoms with Crippen LogP contribution in [0.15, 0.2) is 91.1 Å². The molecule has 288 valence electrons. The van der Waals surface area contributed by atoms with Gasteiger partial charge in [0.25, 0.3) is 11.8 Å². The number of halogens is 1. The lowest BCUT2D eigenvalue weighted by Gasteiger charge is -2.53. The first kappa shape index (κ1) is 36.6. The van der Waals surface area contributed by atoms with E-state index in [1.54, 1.807) is 53.0 Å². The minimum atomic E-state index is -0.474. The van der Waals surface area contributed by atoms with Crippen molar-refractivity contribution in [2.24, 2.45) is 5.41 Å². The summed E-state index contributed by atoms with van der Waals surface area (Å²) in [5.74, 6) is -0.572. The van der Waals surface area contributed by atoms with E-state index in [9.17, 15) is 18.8 Å². The number of hydrogen-bond acceptors (Lipinski definition) is 9. The molecule has 0 atom stereocenters. The van der Waals surface area contributed by atoms with E-state index in [1.807, 2.05) is 49.4 Å². The van der Waals surface area contributed by atoms with Crippen molar-refractivity contribution in [3.05, 3.63) is 141 Å². The third-order valence-electron chi connectivity index (χ3n) is 11.2. The second kappa shape index (κ2) is 14.8. The van der Waals surface area contributed by atoms with Crippen molar-refractivity contribution < 1.29 is 23.5 Å². The first-order chi connectivity index (χ1) is 27.6. The van der Waals surface area contributed by atoms with E-state index in [-0.39, 0.29) is 29.6 Å². The molecule has 2 fully saturated rings. The fourth-order valence-corrected chi connectivity index (χ4v) is 9.35. The van der Waals surface area contributed by atoms with Gasteiger partial charge in [0.05, 0.1) is 28.4 Å². The Hall–Kier alpha value is -6.05. The minimum absolute atomic E-state index is 0.186. The van der Waals surface area contributed by atoms with Crippen LogP contribution in [0, 0.1) is 25.1 Å². The summed E-state index contributed by atoms with van der Waals surface area (Å²) in [5, 5.41) is 11.5. The number of carbonyl (C=O) groups is 3. The highest BCUT2D eigenvalue weighted by Gasteiger charge is 2.45. The number of thiophene rings is 1. The Morgan fingerprint density at radius 1 is 0.947 bits per heavy atom. The van der Waals surface area contributed by atoms with E-state index < -0.39 is 5.82 Å². The molecule has 9 rings (SSSR count). The Kier molecular flexibility index (Phi) is 9.49. The molecule has 2 saturated heterocycles. The Morgan fingerprint density at radius 3 is 2.49 bits per heavy atom. The second-order valence-electron chi connectivity index (χ2n) is 15.2. The standard InChI is InChI=1S/C44H40FN7O4S/c1-27-20-35(41(46-23-27)50-25-44(26-50)15-18-56-19-16-44)42(54)47-33-11-8-30(9-12-33)43(55)51-17-14-31-21-37(57-40(31)34-13-10-32(45)22-36(34)51)39(53)38-28(2)48-49-52(38)24-29-6-4-3-5-7-29/h3-13,20-23H,14-19,24-26H2,1-2H3,(H,47,54). The molecule has 3 aromatic heterocycles. The Balaban J connectivity index is 0.929. The predicted molar refractivity (Wildman–Crippen MR) is 217 cm³/mol. The average molecular weight is 782 g/mol. The van der Waals surface area contributed by atoms with E-state index in [1.165, 1.54) is 23.5 Å². The lowest BCUT2D eigenvalue weighted by atomic mass is 9.73. The van der Waals surface area contributed by atoms with Crippen molar-refractivity contribution in [3.8, 4) is 10.4 Å². The summed E-state index contributed by atoms with van der Waals surface area (Å²) in [6.45, 7) is 7.59. The molecule has 13 heteroatoms. The van der Waals surface area contributed by atoms with Crippen LogP contribution in [0.3, 0.4) is 0 Å². The zero-order valence-electron chi connectivity index (χ0n) is 31.6. The van der Waals surface area contributed by atoms with Gasteiger partial charge in [0.2, 0.25) is 5.78 Å². The normalized spacial score (nSPS) is 15.7. The van der Waals surface area contributed by atoms with Gasteiger partial charge in [-0.25, -0.2) is 14.1 Å². The smallest absolute Gasteiger partial charge is 0.259 e. The first-order valence-electron chi connectivity index (χ1n) is 19.1. The molecular formula is C44H40FN7O4S. The van der Waals surface area contributed by atoms with Crippen LogP contribution in [-0.2, 0) is 17.7 Å². The molecule has 3 aromatic carbocycles. The Labute approximate surface area is 333 Å². The highest BCUT2D eigenvalue weighted by atomic mass is 32.1. The molecule has 1 spiro atoms. The highest BCUT2D eigenvalue weighted by Crippen LogP contribution is 2.44. The molecular weight excluding hydrogens is 742 g/mol. The van der Waals surface area contributed by atoms with Crippen LogP contribution in [0.2, 0.25) is 0 Å². The fraction of sp³-hybridized carbons (Fsp3) is 0.273. The van der Waals surface area contributed by atoms with Crippen LogP contribution < -0.4 is 15.1 Å². The Morgan fingerprint density at radius 2 is 1.72 bits per heavy atom. The number of amides is 2. The molecule has 11 nitrogen and oxygen atoms in total. The monoisotopic (exact) mass is 781 g/mol. The zero-order valence-corrected chi connectivity index (χ0v) is 32.4. The van der Waals surface area contributed by atoms with Crippen molar-refractivity contribution >= 4 is 46.1 Å². The number of ether oxygens (including phenoxy) is 1. The van der Waals surface area contributed by atoms with Gasteiger partial charge >= 0.3 is 0 Å². The number of ketones is 1. The molecule has 0 bridgehead atoms. The summed E-state index contributed by atoms with van der Waals surface area (Å²) < 4.78 is 22.1. The lowest BCUT2D eigenvalue weighted by Crippen LogP contribution is -2.59. The van der Waals surface area contributed by atoms with Gasteiger partial charge in [-0.05, 0) is 104 Å². The molecule has 0 aliphatic carbocycles. The third-order valence-corrected chi connectivity index (χ3v) is 12.4. The zero-order chi connectivity index (χ0) is 39.3. The minimum Gasteiger partial charge on any atom is -0.381 e. The third kappa shape index (κ3) is 7.02.